The van der Waals surface area contributed by atoms with Crippen molar-refractivity contribution in [3.05, 3.63) is 42.0 Å². The molecule has 0 aliphatic rings. The minimum Gasteiger partial charge on any atom is -0.508 e. The molecule has 1 rings (SSSR count). The van der Waals surface area contributed by atoms with Gasteiger partial charge in [-0.3, -0.25) is 0 Å². The summed E-state index contributed by atoms with van der Waals surface area (Å²) in [6, 6.07) is 4.38. The van der Waals surface area contributed by atoms with E-state index in [0.29, 0.717) is 5.56 Å². The number of phenolic OH excluding ortho intramolecular Hbond substituents is 2. The summed E-state index contributed by atoms with van der Waals surface area (Å²) in [7, 11) is 0. The third-order valence-corrected chi connectivity index (χ3v) is 1.56. The first-order valence-electron chi connectivity index (χ1n) is 3.95. The van der Waals surface area contributed by atoms with Gasteiger partial charge in [-0.25, -0.2) is 0 Å². The second-order valence-corrected chi connectivity index (χ2v) is 2.92. The first kappa shape index (κ1) is 9.39. The van der Waals surface area contributed by atoms with Crippen LogP contribution in [-0.4, -0.2) is 10.2 Å². The zero-order chi connectivity index (χ0) is 9.84. The lowest BCUT2D eigenvalue weighted by molar-refractivity contribution is 0.459. The average molecular weight is 176 g/mol. The molecule has 68 valence electrons. The molecule has 0 aliphatic heterocycles. The van der Waals surface area contributed by atoms with Gasteiger partial charge >= 0.3 is 0 Å². The lowest BCUT2D eigenvalue weighted by Crippen LogP contribution is -1.74. The summed E-state index contributed by atoms with van der Waals surface area (Å²) < 4.78 is 0. The lowest BCUT2D eigenvalue weighted by atomic mass is 10.1. The number of benzene rings is 1. The maximum absolute atomic E-state index is 9.36. The molecule has 2 nitrogen and oxygen atoms in total. The SMILES string of the molecule is C=C(C)C=Cc1cc(O)ccc1O. The summed E-state index contributed by atoms with van der Waals surface area (Å²) >= 11 is 0. The average Bonchev–Trinajstić information content (AvgIpc) is 2.06. The van der Waals surface area contributed by atoms with Gasteiger partial charge in [0, 0.05) is 5.56 Å². The van der Waals surface area contributed by atoms with Crippen molar-refractivity contribution in [2.24, 2.45) is 0 Å². The Morgan fingerprint density at radius 3 is 2.69 bits per heavy atom. The second kappa shape index (κ2) is 3.81. The summed E-state index contributed by atoms with van der Waals surface area (Å²) in [6.07, 6.45) is 3.48. The fraction of sp³-hybridized carbons (Fsp3) is 0.0909. The molecule has 0 saturated carbocycles. The normalized spacial score (nSPS) is 10.5. The highest BCUT2D eigenvalue weighted by Crippen LogP contribution is 2.23. The minimum absolute atomic E-state index is 0.138. The van der Waals surface area contributed by atoms with Crippen LogP contribution in [-0.2, 0) is 0 Å². The van der Waals surface area contributed by atoms with E-state index in [1.54, 1.807) is 12.2 Å². The number of phenols is 2. The van der Waals surface area contributed by atoms with E-state index >= 15 is 0 Å². The summed E-state index contributed by atoms with van der Waals surface area (Å²) in [5.41, 5.74) is 1.48. The molecular formula is C11H12O2. The quantitative estimate of drug-likeness (QED) is 0.537. The summed E-state index contributed by atoms with van der Waals surface area (Å²) in [5, 5.41) is 18.5. The third kappa shape index (κ3) is 2.67. The van der Waals surface area contributed by atoms with Gasteiger partial charge in [0.2, 0.25) is 0 Å². The van der Waals surface area contributed by atoms with Crippen LogP contribution in [0.15, 0.2) is 36.4 Å². The molecule has 2 heteroatoms. The van der Waals surface area contributed by atoms with Crippen LogP contribution in [0.4, 0.5) is 0 Å². The van der Waals surface area contributed by atoms with Gasteiger partial charge < -0.3 is 10.2 Å². The highest BCUT2D eigenvalue weighted by Gasteiger charge is 1.97. The molecule has 2 N–H and O–H groups in total. The van der Waals surface area contributed by atoms with Gasteiger partial charge in [0.25, 0.3) is 0 Å². The predicted octanol–water partition coefficient (Wildman–Crippen LogP) is 2.69. The van der Waals surface area contributed by atoms with Crippen molar-refractivity contribution in [2.75, 3.05) is 0 Å². The molecule has 0 spiro atoms. The largest absolute Gasteiger partial charge is 0.508 e. The second-order valence-electron chi connectivity index (χ2n) is 2.92. The van der Waals surface area contributed by atoms with E-state index < -0.39 is 0 Å². The van der Waals surface area contributed by atoms with E-state index in [4.69, 9.17) is 5.11 Å². The lowest BCUT2D eigenvalue weighted by Gasteiger charge is -1.99. The van der Waals surface area contributed by atoms with E-state index in [0.717, 1.165) is 5.57 Å². The van der Waals surface area contributed by atoms with E-state index in [9.17, 15) is 5.11 Å². The van der Waals surface area contributed by atoms with E-state index in [2.05, 4.69) is 6.58 Å². The van der Waals surface area contributed by atoms with Crippen molar-refractivity contribution < 1.29 is 10.2 Å². The van der Waals surface area contributed by atoms with Gasteiger partial charge in [-0.05, 0) is 25.1 Å². The van der Waals surface area contributed by atoms with Crippen molar-refractivity contribution in [3.8, 4) is 11.5 Å². The van der Waals surface area contributed by atoms with Gasteiger partial charge in [-0.15, -0.1) is 0 Å². The van der Waals surface area contributed by atoms with Crippen molar-refractivity contribution in [1.29, 1.82) is 0 Å². The Bertz CT molecular complexity index is 351. The number of aromatic hydroxyl groups is 2. The standard InChI is InChI=1S/C11H12O2/c1-8(2)3-4-9-7-10(12)5-6-11(9)13/h3-7,12-13H,1H2,2H3. The summed E-state index contributed by atoms with van der Waals surface area (Å²) in [5.74, 6) is 0.287. The maximum Gasteiger partial charge on any atom is 0.123 e. The summed E-state index contributed by atoms with van der Waals surface area (Å²) in [6.45, 7) is 5.55. The zero-order valence-electron chi connectivity index (χ0n) is 7.49. The molecule has 0 atom stereocenters. The Hall–Kier alpha value is -1.70. The molecule has 13 heavy (non-hydrogen) atoms. The van der Waals surface area contributed by atoms with Crippen LogP contribution in [0.1, 0.15) is 12.5 Å². The maximum atomic E-state index is 9.36. The number of rotatable bonds is 2. The van der Waals surface area contributed by atoms with Crippen LogP contribution in [0, 0.1) is 0 Å². The molecular weight excluding hydrogens is 164 g/mol. The highest BCUT2D eigenvalue weighted by atomic mass is 16.3. The first-order chi connectivity index (χ1) is 6.09. The summed E-state index contributed by atoms with van der Waals surface area (Å²) in [4.78, 5) is 0. The molecule has 0 fully saturated rings. The van der Waals surface area contributed by atoms with Crippen LogP contribution in [0.3, 0.4) is 0 Å². The predicted molar refractivity (Wildman–Crippen MR) is 53.6 cm³/mol. The molecule has 0 unspecified atom stereocenters. The molecule has 1 aromatic rings. The molecule has 1 aromatic carbocycles. The van der Waals surface area contributed by atoms with Crippen molar-refractivity contribution in [2.45, 2.75) is 6.92 Å². The van der Waals surface area contributed by atoms with Gasteiger partial charge in [-0.1, -0.05) is 24.3 Å². The first-order valence-corrected chi connectivity index (χ1v) is 3.95. The Balaban J connectivity index is 3.00. The molecule has 0 heterocycles. The minimum atomic E-state index is 0.138. The van der Waals surface area contributed by atoms with Gasteiger partial charge in [0.1, 0.15) is 11.5 Å². The Labute approximate surface area is 77.5 Å². The third-order valence-electron chi connectivity index (χ3n) is 1.56. The Kier molecular flexibility index (Phi) is 2.75. The molecule has 0 aliphatic carbocycles. The van der Waals surface area contributed by atoms with Crippen LogP contribution in [0.2, 0.25) is 0 Å². The molecule has 0 bridgehead atoms. The topological polar surface area (TPSA) is 40.5 Å². The Morgan fingerprint density at radius 1 is 1.38 bits per heavy atom. The smallest absolute Gasteiger partial charge is 0.123 e. The molecule has 0 aromatic heterocycles. The van der Waals surface area contributed by atoms with Crippen LogP contribution >= 0.6 is 0 Å². The van der Waals surface area contributed by atoms with Gasteiger partial charge in [-0.2, -0.15) is 0 Å². The van der Waals surface area contributed by atoms with Gasteiger partial charge in [0.05, 0.1) is 0 Å². The fourth-order valence-corrected chi connectivity index (χ4v) is 0.907. The van der Waals surface area contributed by atoms with E-state index in [1.165, 1.54) is 18.2 Å². The fourth-order valence-electron chi connectivity index (χ4n) is 0.907. The van der Waals surface area contributed by atoms with Crippen molar-refractivity contribution in [1.82, 2.24) is 0 Å². The van der Waals surface area contributed by atoms with Crippen LogP contribution in [0.5, 0.6) is 11.5 Å². The van der Waals surface area contributed by atoms with E-state index in [-0.39, 0.29) is 11.5 Å². The van der Waals surface area contributed by atoms with Crippen LogP contribution < -0.4 is 0 Å². The van der Waals surface area contributed by atoms with E-state index in [1.807, 2.05) is 6.92 Å². The van der Waals surface area contributed by atoms with Crippen molar-refractivity contribution in [3.63, 3.8) is 0 Å². The molecule has 0 saturated heterocycles. The Morgan fingerprint density at radius 2 is 2.08 bits per heavy atom. The number of hydrogen-bond donors (Lipinski definition) is 2. The molecule has 0 radical (unpaired) electrons. The monoisotopic (exact) mass is 176 g/mol. The number of hydrogen-bond acceptors (Lipinski definition) is 2. The molecule has 0 amide bonds. The highest BCUT2D eigenvalue weighted by molar-refractivity contribution is 5.60. The zero-order valence-corrected chi connectivity index (χ0v) is 7.49. The van der Waals surface area contributed by atoms with Crippen molar-refractivity contribution >= 4 is 6.08 Å². The van der Waals surface area contributed by atoms with Crippen LogP contribution in [0.25, 0.3) is 6.08 Å². The van der Waals surface area contributed by atoms with Gasteiger partial charge in [0.15, 0.2) is 0 Å². The number of allylic oxidation sites excluding steroid dienone is 2.